The van der Waals surface area contributed by atoms with Crippen LogP contribution in [0.4, 0.5) is 0 Å². The molecule has 4 nitrogen and oxygen atoms in total. The molecule has 0 aliphatic rings. The van der Waals surface area contributed by atoms with Crippen LogP contribution in [0.15, 0.2) is 36.0 Å². The molecule has 0 radical (unpaired) electrons. The standard InChI is InChI=1S/C14H16N2O2S/c1-2-4-12(13-5-3-6-19-13)16-14(18)10-7-11(17)9-15-8-10/h3,5-9,12,17H,2,4H2,1H3,(H,16,18). The molecule has 2 rings (SSSR count). The van der Waals surface area contributed by atoms with E-state index in [1.54, 1.807) is 11.3 Å². The van der Waals surface area contributed by atoms with Crippen molar-refractivity contribution in [3.8, 4) is 5.75 Å². The van der Waals surface area contributed by atoms with Crippen LogP contribution in [-0.2, 0) is 0 Å². The molecule has 2 aromatic heterocycles. The minimum Gasteiger partial charge on any atom is -0.506 e. The van der Waals surface area contributed by atoms with Crippen LogP contribution in [0, 0.1) is 0 Å². The van der Waals surface area contributed by atoms with E-state index in [2.05, 4.69) is 17.2 Å². The van der Waals surface area contributed by atoms with E-state index in [9.17, 15) is 9.90 Å². The molecular weight excluding hydrogens is 260 g/mol. The van der Waals surface area contributed by atoms with Crippen LogP contribution in [0.25, 0.3) is 0 Å². The summed E-state index contributed by atoms with van der Waals surface area (Å²) >= 11 is 1.63. The Morgan fingerprint density at radius 1 is 1.53 bits per heavy atom. The van der Waals surface area contributed by atoms with Crippen LogP contribution in [0.5, 0.6) is 5.75 Å². The van der Waals surface area contributed by atoms with E-state index >= 15 is 0 Å². The lowest BCUT2D eigenvalue weighted by atomic mass is 10.1. The van der Waals surface area contributed by atoms with E-state index in [0.717, 1.165) is 17.7 Å². The van der Waals surface area contributed by atoms with Crippen LogP contribution in [0.1, 0.15) is 41.0 Å². The van der Waals surface area contributed by atoms with Gasteiger partial charge in [-0.2, -0.15) is 0 Å². The third-order valence-corrected chi connectivity index (χ3v) is 3.74. The van der Waals surface area contributed by atoms with Crippen molar-refractivity contribution in [3.05, 3.63) is 46.4 Å². The number of hydrogen-bond donors (Lipinski definition) is 2. The maximum atomic E-state index is 12.1. The first kappa shape index (κ1) is 13.5. The van der Waals surface area contributed by atoms with Crippen molar-refractivity contribution < 1.29 is 9.90 Å². The highest BCUT2D eigenvalue weighted by Crippen LogP contribution is 2.23. The fourth-order valence-corrected chi connectivity index (χ4v) is 2.67. The van der Waals surface area contributed by atoms with Crippen molar-refractivity contribution in [3.63, 3.8) is 0 Å². The Balaban J connectivity index is 2.11. The second kappa shape index (κ2) is 6.33. The minimum atomic E-state index is -0.213. The van der Waals surface area contributed by atoms with E-state index in [1.165, 1.54) is 18.5 Å². The second-order valence-electron chi connectivity index (χ2n) is 4.26. The lowest BCUT2D eigenvalue weighted by molar-refractivity contribution is 0.0934. The Morgan fingerprint density at radius 2 is 2.37 bits per heavy atom. The van der Waals surface area contributed by atoms with Crippen LogP contribution in [0.3, 0.4) is 0 Å². The molecule has 0 bridgehead atoms. The smallest absolute Gasteiger partial charge is 0.253 e. The Bertz CT molecular complexity index is 540. The van der Waals surface area contributed by atoms with Crippen molar-refractivity contribution in [2.24, 2.45) is 0 Å². The zero-order chi connectivity index (χ0) is 13.7. The summed E-state index contributed by atoms with van der Waals surface area (Å²) in [4.78, 5) is 17.1. The van der Waals surface area contributed by atoms with E-state index in [4.69, 9.17) is 0 Å². The predicted molar refractivity (Wildman–Crippen MR) is 75.3 cm³/mol. The molecule has 0 aromatic carbocycles. The van der Waals surface area contributed by atoms with Crippen molar-refractivity contribution in [2.45, 2.75) is 25.8 Å². The molecule has 0 spiro atoms. The fraction of sp³-hybridized carbons (Fsp3) is 0.286. The number of nitrogens with zero attached hydrogens (tertiary/aromatic N) is 1. The van der Waals surface area contributed by atoms with Gasteiger partial charge in [-0.05, 0) is 23.9 Å². The van der Waals surface area contributed by atoms with Gasteiger partial charge >= 0.3 is 0 Å². The average Bonchev–Trinajstić information content (AvgIpc) is 2.92. The molecule has 0 aliphatic carbocycles. The minimum absolute atomic E-state index is 0.00387. The summed E-state index contributed by atoms with van der Waals surface area (Å²) in [7, 11) is 0. The third-order valence-electron chi connectivity index (χ3n) is 2.76. The molecular formula is C14H16N2O2S. The lowest BCUT2D eigenvalue weighted by Gasteiger charge is -2.16. The van der Waals surface area contributed by atoms with Gasteiger partial charge in [0.25, 0.3) is 5.91 Å². The summed E-state index contributed by atoms with van der Waals surface area (Å²) in [6, 6.07) is 5.43. The number of rotatable bonds is 5. The van der Waals surface area contributed by atoms with Gasteiger partial charge in [-0.25, -0.2) is 0 Å². The normalized spacial score (nSPS) is 12.1. The van der Waals surface area contributed by atoms with Gasteiger partial charge in [-0.15, -0.1) is 11.3 Å². The molecule has 5 heteroatoms. The van der Waals surface area contributed by atoms with Crippen molar-refractivity contribution >= 4 is 17.2 Å². The van der Waals surface area contributed by atoms with Crippen molar-refractivity contribution in [2.75, 3.05) is 0 Å². The molecule has 1 unspecified atom stereocenters. The van der Waals surface area contributed by atoms with Crippen molar-refractivity contribution in [1.29, 1.82) is 0 Å². The number of aromatic nitrogens is 1. The van der Waals surface area contributed by atoms with Crippen LogP contribution >= 0.6 is 11.3 Å². The molecule has 0 fully saturated rings. The molecule has 100 valence electrons. The number of carbonyl (C=O) groups is 1. The van der Waals surface area contributed by atoms with Gasteiger partial charge in [0.2, 0.25) is 0 Å². The predicted octanol–water partition coefficient (Wildman–Crippen LogP) is 3.12. The first-order valence-corrected chi connectivity index (χ1v) is 7.07. The molecule has 0 saturated heterocycles. The van der Waals surface area contributed by atoms with Crippen LogP contribution in [0.2, 0.25) is 0 Å². The Hall–Kier alpha value is -1.88. The van der Waals surface area contributed by atoms with E-state index < -0.39 is 0 Å². The average molecular weight is 276 g/mol. The van der Waals surface area contributed by atoms with Gasteiger partial charge in [0, 0.05) is 11.1 Å². The number of thiophene rings is 1. The van der Waals surface area contributed by atoms with Gasteiger partial charge < -0.3 is 10.4 Å². The van der Waals surface area contributed by atoms with Gasteiger partial charge in [0.1, 0.15) is 5.75 Å². The summed E-state index contributed by atoms with van der Waals surface area (Å²) < 4.78 is 0. The molecule has 2 aromatic rings. The maximum absolute atomic E-state index is 12.1. The zero-order valence-electron chi connectivity index (χ0n) is 10.7. The van der Waals surface area contributed by atoms with E-state index in [-0.39, 0.29) is 17.7 Å². The first-order valence-electron chi connectivity index (χ1n) is 6.19. The summed E-state index contributed by atoms with van der Waals surface area (Å²) in [6.07, 6.45) is 4.63. The number of hydrogen-bond acceptors (Lipinski definition) is 4. The number of aromatic hydroxyl groups is 1. The van der Waals surface area contributed by atoms with Gasteiger partial charge in [-0.3, -0.25) is 9.78 Å². The summed E-state index contributed by atoms with van der Waals surface area (Å²) in [5, 5.41) is 14.3. The van der Waals surface area contributed by atoms with Crippen LogP contribution < -0.4 is 5.32 Å². The summed E-state index contributed by atoms with van der Waals surface area (Å²) in [6.45, 7) is 2.09. The Labute approximate surface area is 116 Å². The molecule has 1 atom stereocenters. The quantitative estimate of drug-likeness (QED) is 0.882. The zero-order valence-corrected chi connectivity index (χ0v) is 11.5. The largest absolute Gasteiger partial charge is 0.506 e. The topological polar surface area (TPSA) is 62.2 Å². The Kier molecular flexibility index (Phi) is 4.52. The SMILES string of the molecule is CCCC(NC(=O)c1cncc(O)c1)c1cccs1. The lowest BCUT2D eigenvalue weighted by Crippen LogP contribution is -2.28. The summed E-state index contributed by atoms with van der Waals surface area (Å²) in [5.74, 6) is -0.217. The van der Waals surface area contributed by atoms with Gasteiger partial charge in [0.05, 0.1) is 17.8 Å². The summed E-state index contributed by atoms with van der Waals surface area (Å²) in [5.41, 5.74) is 0.373. The maximum Gasteiger partial charge on any atom is 0.253 e. The van der Waals surface area contributed by atoms with Gasteiger partial charge in [-0.1, -0.05) is 19.4 Å². The highest BCUT2D eigenvalue weighted by molar-refractivity contribution is 7.10. The van der Waals surface area contributed by atoms with Crippen molar-refractivity contribution in [1.82, 2.24) is 10.3 Å². The number of pyridine rings is 1. The third kappa shape index (κ3) is 3.54. The molecule has 0 saturated carbocycles. The molecule has 1 amide bonds. The second-order valence-corrected chi connectivity index (χ2v) is 5.24. The number of carbonyl (C=O) groups excluding carboxylic acids is 1. The highest BCUT2D eigenvalue weighted by Gasteiger charge is 2.16. The molecule has 2 N–H and O–H groups in total. The van der Waals surface area contributed by atoms with E-state index in [0.29, 0.717) is 5.56 Å². The number of nitrogens with one attached hydrogen (secondary N) is 1. The fourth-order valence-electron chi connectivity index (χ4n) is 1.86. The Morgan fingerprint density at radius 3 is 3.00 bits per heavy atom. The van der Waals surface area contributed by atoms with Crippen LogP contribution in [-0.4, -0.2) is 16.0 Å². The van der Waals surface area contributed by atoms with Gasteiger partial charge in [0.15, 0.2) is 0 Å². The van der Waals surface area contributed by atoms with E-state index in [1.807, 2.05) is 17.5 Å². The monoisotopic (exact) mass is 276 g/mol. The molecule has 19 heavy (non-hydrogen) atoms. The molecule has 0 aliphatic heterocycles. The highest BCUT2D eigenvalue weighted by atomic mass is 32.1. The number of amides is 1. The molecule has 2 heterocycles. The first-order chi connectivity index (χ1) is 9.20.